The molecule has 2 aliphatic rings. The number of hydrogen-bond donors (Lipinski definition) is 3. The zero-order valence-electron chi connectivity index (χ0n) is 17.7. The van der Waals surface area contributed by atoms with E-state index in [1.165, 1.54) is 12.1 Å². The number of nitrogens with one attached hydrogen (secondary N) is 2. The lowest BCUT2D eigenvalue weighted by atomic mass is 9.89. The molecule has 2 aromatic carbocycles. The molecule has 4 N–H and O–H groups in total. The Hall–Kier alpha value is -3.82. The van der Waals surface area contributed by atoms with Crippen molar-refractivity contribution in [3.05, 3.63) is 65.2 Å². The van der Waals surface area contributed by atoms with Gasteiger partial charge in [-0.05, 0) is 24.1 Å². The molecule has 33 heavy (non-hydrogen) atoms. The van der Waals surface area contributed by atoms with Gasteiger partial charge in [0, 0.05) is 37.2 Å². The largest absolute Gasteiger partial charge is 0.412 e. The molecule has 2 fully saturated rings. The normalized spacial score (nSPS) is 19.2. The quantitative estimate of drug-likeness (QED) is 0.363. The molecule has 2 saturated heterocycles. The molecule has 4 rings (SSSR count). The third kappa shape index (κ3) is 5.16. The molecule has 2 aromatic rings. The predicted molar refractivity (Wildman–Crippen MR) is 118 cm³/mol. The summed E-state index contributed by atoms with van der Waals surface area (Å²) in [6.45, 7) is 0.736. The van der Waals surface area contributed by atoms with Crippen molar-refractivity contribution in [3.8, 4) is 0 Å². The Labute approximate surface area is 188 Å². The molecular weight excluding hydrogens is 432 g/mol. The molecule has 172 valence electrons. The third-order valence-corrected chi connectivity index (χ3v) is 5.62. The van der Waals surface area contributed by atoms with E-state index in [2.05, 4.69) is 10.3 Å². The van der Waals surface area contributed by atoms with Crippen molar-refractivity contribution < 1.29 is 23.1 Å². The summed E-state index contributed by atoms with van der Waals surface area (Å²) in [5.41, 5.74) is 6.69. The number of carbonyl (C=O) groups is 2. The van der Waals surface area contributed by atoms with E-state index in [1.54, 1.807) is 4.90 Å². The molecule has 0 spiro atoms. The molecule has 1 atom stereocenters. The second-order valence-corrected chi connectivity index (χ2v) is 8.04. The Balaban J connectivity index is 1.34. The van der Waals surface area contributed by atoms with E-state index in [0.717, 1.165) is 5.56 Å². The maximum absolute atomic E-state index is 14.7. The molecule has 8 nitrogen and oxygen atoms in total. The van der Waals surface area contributed by atoms with Crippen LogP contribution in [0.1, 0.15) is 29.9 Å². The van der Waals surface area contributed by atoms with E-state index in [0.29, 0.717) is 18.8 Å². The van der Waals surface area contributed by atoms with Gasteiger partial charge in [-0.1, -0.05) is 30.3 Å². The first-order chi connectivity index (χ1) is 15.8. The molecule has 2 aliphatic heterocycles. The van der Waals surface area contributed by atoms with E-state index < -0.39 is 29.4 Å². The minimum atomic E-state index is -1.03. The summed E-state index contributed by atoms with van der Waals surface area (Å²) in [5.74, 6) is -3.87. The molecule has 0 bridgehead atoms. The number of halogens is 2. The van der Waals surface area contributed by atoms with Gasteiger partial charge >= 0.3 is 0 Å². The Morgan fingerprint density at radius 2 is 1.85 bits per heavy atom. The molecule has 10 heteroatoms. The van der Waals surface area contributed by atoms with Crippen LogP contribution in [0.5, 0.6) is 0 Å². The number of nitrogens with zero attached hydrogens (tertiary/aromatic N) is 2. The fraction of sp³-hybridized carbons (Fsp3) is 0.304. The van der Waals surface area contributed by atoms with Crippen LogP contribution < -0.4 is 16.0 Å². The highest BCUT2D eigenvalue weighted by molar-refractivity contribution is 6.01. The average molecular weight is 455 g/mol. The number of rotatable bonds is 5. The van der Waals surface area contributed by atoms with Gasteiger partial charge in [0.1, 0.15) is 11.6 Å². The molecule has 0 aromatic heterocycles. The monoisotopic (exact) mass is 455 g/mol. The van der Waals surface area contributed by atoms with Crippen molar-refractivity contribution in [1.29, 1.82) is 5.41 Å². The first kappa shape index (κ1) is 22.4. The van der Waals surface area contributed by atoms with E-state index in [4.69, 9.17) is 15.9 Å². The average Bonchev–Trinajstić information content (AvgIpc) is 2.72. The number of ether oxygens (including phenoxy) is 1. The topological polar surface area (TPSA) is 121 Å². The minimum absolute atomic E-state index is 0.0354. The highest BCUT2D eigenvalue weighted by Gasteiger charge is 2.34. The number of nitrogens with two attached hydrogens (primary N) is 1. The zero-order valence-corrected chi connectivity index (χ0v) is 17.7. The van der Waals surface area contributed by atoms with Crippen LogP contribution in [0.25, 0.3) is 0 Å². The Kier molecular flexibility index (Phi) is 6.34. The van der Waals surface area contributed by atoms with Gasteiger partial charge in [-0.25, -0.2) is 13.8 Å². The number of amides is 2. The third-order valence-electron chi connectivity index (χ3n) is 5.62. The lowest BCUT2D eigenvalue weighted by Gasteiger charge is -2.39. The highest BCUT2D eigenvalue weighted by Crippen LogP contribution is 2.33. The Morgan fingerprint density at radius 3 is 2.48 bits per heavy atom. The van der Waals surface area contributed by atoms with Gasteiger partial charge in [-0.15, -0.1) is 0 Å². The number of aliphatic imine (C=N–C) groups is 1. The number of anilines is 1. The second-order valence-electron chi connectivity index (χ2n) is 8.04. The molecule has 1 unspecified atom stereocenters. The molecule has 2 heterocycles. The zero-order chi connectivity index (χ0) is 23.5. The van der Waals surface area contributed by atoms with Crippen molar-refractivity contribution in [3.63, 3.8) is 0 Å². The summed E-state index contributed by atoms with van der Waals surface area (Å²) in [4.78, 5) is 29.2. The number of piperidine rings is 1. The fourth-order valence-electron chi connectivity index (χ4n) is 3.95. The summed E-state index contributed by atoms with van der Waals surface area (Å²) < 4.78 is 34.6. The standard InChI is InChI=1S/C23H23F2N5O3/c24-17-9-15(10-18(25)21(17)16-6-7-20(31)29-22(16)32)30-11-14(12-30)28-23(27)33-19(26)8-13-4-2-1-3-5-13/h1-5,9-10,14,16,26H,6-8,11-12H2,(H2,27,28)(H,29,31,32). The van der Waals surface area contributed by atoms with Gasteiger partial charge in [-0.3, -0.25) is 20.3 Å². The van der Waals surface area contributed by atoms with Gasteiger partial charge in [0.25, 0.3) is 6.02 Å². The predicted octanol–water partition coefficient (Wildman–Crippen LogP) is 2.22. The van der Waals surface area contributed by atoms with Crippen LogP contribution in [0.4, 0.5) is 14.5 Å². The highest BCUT2D eigenvalue weighted by atomic mass is 19.1. The number of carbonyl (C=O) groups excluding carboxylic acids is 2. The van der Waals surface area contributed by atoms with Crippen LogP contribution >= 0.6 is 0 Å². The SMILES string of the molecule is N=C(Cc1ccccc1)OC(N)=NC1CN(c2cc(F)c(C3CCC(=O)NC3=O)c(F)c2)C1. The van der Waals surface area contributed by atoms with Crippen molar-refractivity contribution in [1.82, 2.24) is 5.32 Å². The summed E-state index contributed by atoms with van der Waals surface area (Å²) >= 11 is 0. The van der Waals surface area contributed by atoms with Crippen molar-refractivity contribution in [2.75, 3.05) is 18.0 Å². The lowest BCUT2D eigenvalue weighted by Crippen LogP contribution is -2.51. The van der Waals surface area contributed by atoms with Gasteiger partial charge in [0.05, 0.1) is 12.0 Å². The minimum Gasteiger partial charge on any atom is -0.412 e. The van der Waals surface area contributed by atoms with Gasteiger partial charge in [0.2, 0.25) is 11.8 Å². The summed E-state index contributed by atoms with van der Waals surface area (Å²) in [6, 6.07) is 11.3. The smallest absolute Gasteiger partial charge is 0.288 e. The maximum Gasteiger partial charge on any atom is 0.288 e. The van der Waals surface area contributed by atoms with Crippen LogP contribution in [0.2, 0.25) is 0 Å². The molecule has 0 aliphatic carbocycles. The first-order valence-electron chi connectivity index (χ1n) is 10.5. The van der Waals surface area contributed by atoms with Gasteiger partial charge < -0.3 is 15.4 Å². The number of amidine groups is 1. The van der Waals surface area contributed by atoms with Crippen molar-refractivity contribution in [2.24, 2.45) is 10.7 Å². The Morgan fingerprint density at radius 1 is 1.18 bits per heavy atom. The van der Waals surface area contributed by atoms with Crippen molar-refractivity contribution >= 4 is 29.4 Å². The van der Waals surface area contributed by atoms with Crippen LogP contribution in [-0.4, -0.2) is 42.9 Å². The van der Waals surface area contributed by atoms with Gasteiger partial charge in [0.15, 0.2) is 5.90 Å². The number of imide groups is 1. The number of hydrogen-bond acceptors (Lipinski definition) is 6. The molecule has 0 radical (unpaired) electrons. The Bertz CT molecular complexity index is 1090. The molecule has 0 saturated carbocycles. The first-order valence-corrected chi connectivity index (χ1v) is 10.5. The number of benzene rings is 2. The fourth-order valence-corrected chi connectivity index (χ4v) is 3.95. The van der Waals surface area contributed by atoms with Gasteiger partial charge in [-0.2, -0.15) is 0 Å². The molecular formula is C23H23F2N5O3. The van der Waals surface area contributed by atoms with E-state index >= 15 is 0 Å². The summed E-state index contributed by atoms with van der Waals surface area (Å²) in [6.07, 6.45) is 0.387. The van der Waals surface area contributed by atoms with E-state index in [-0.39, 0.29) is 42.8 Å². The molecule has 2 amide bonds. The van der Waals surface area contributed by atoms with E-state index in [1.807, 2.05) is 30.3 Å². The second kappa shape index (κ2) is 9.35. The van der Waals surface area contributed by atoms with Crippen LogP contribution in [0.15, 0.2) is 47.5 Å². The summed E-state index contributed by atoms with van der Waals surface area (Å²) in [7, 11) is 0. The maximum atomic E-state index is 14.7. The van der Waals surface area contributed by atoms with E-state index in [9.17, 15) is 18.4 Å². The van der Waals surface area contributed by atoms with Crippen molar-refractivity contribution in [2.45, 2.75) is 31.2 Å². The summed E-state index contributed by atoms with van der Waals surface area (Å²) in [5, 5.41) is 10.0. The van der Waals surface area contributed by atoms with Crippen LogP contribution in [0.3, 0.4) is 0 Å². The van der Waals surface area contributed by atoms with Crippen LogP contribution in [-0.2, 0) is 20.7 Å². The van der Waals surface area contributed by atoms with Crippen LogP contribution in [0, 0.1) is 17.0 Å². The lowest BCUT2D eigenvalue weighted by molar-refractivity contribution is -0.134.